The van der Waals surface area contributed by atoms with Crippen LogP contribution in [0.2, 0.25) is 0 Å². The van der Waals surface area contributed by atoms with E-state index in [0.717, 1.165) is 34.2 Å². The van der Waals surface area contributed by atoms with Gasteiger partial charge in [0.05, 0.1) is 26.2 Å². The number of aliphatic hydroxyl groups excluding tert-OH is 3. The highest BCUT2D eigenvalue weighted by Crippen LogP contribution is 2.50. The second-order valence-corrected chi connectivity index (χ2v) is 6.72. The van der Waals surface area contributed by atoms with Gasteiger partial charge in [0.25, 0.3) is 0 Å². The fraction of sp³-hybridized carbons (Fsp3) is 0.429. The van der Waals surface area contributed by atoms with Crippen LogP contribution < -0.4 is 9.47 Å². The predicted molar refractivity (Wildman–Crippen MR) is 98.7 cm³/mol. The van der Waals surface area contributed by atoms with Gasteiger partial charge in [0.1, 0.15) is 6.10 Å². The van der Waals surface area contributed by atoms with Crippen molar-refractivity contribution in [2.75, 3.05) is 20.3 Å². The average molecular weight is 358 g/mol. The van der Waals surface area contributed by atoms with Crippen molar-refractivity contribution in [2.45, 2.75) is 38.4 Å². The highest BCUT2D eigenvalue weighted by molar-refractivity contribution is 5.55. The summed E-state index contributed by atoms with van der Waals surface area (Å²) in [4.78, 5) is 0. The monoisotopic (exact) mass is 358 g/mol. The van der Waals surface area contributed by atoms with Crippen molar-refractivity contribution in [3.8, 4) is 11.5 Å². The molecule has 1 aliphatic rings. The molecule has 0 aliphatic carbocycles. The van der Waals surface area contributed by atoms with Crippen LogP contribution in [0.4, 0.5) is 0 Å². The minimum Gasteiger partial charge on any atom is -0.493 e. The quantitative estimate of drug-likeness (QED) is 0.709. The van der Waals surface area contributed by atoms with E-state index in [1.807, 2.05) is 37.3 Å². The summed E-state index contributed by atoms with van der Waals surface area (Å²) in [7, 11) is 1.60. The van der Waals surface area contributed by atoms with E-state index < -0.39 is 0 Å². The number of methoxy groups -OCH3 is 1. The lowest BCUT2D eigenvalue weighted by Crippen LogP contribution is -2.14. The van der Waals surface area contributed by atoms with Crippen molar-refractivity contribution in [3.05, 3.63) is 58.1 Å². The third-order valence-corrected chi connectivity index (χ3v) is 5.07. The highest BCUT2D eigenvalue weighted by atomic mass is 16.5. The van der Waals surface area contributed by atoms with Gasteiger partial charge in [-0.25, -0.2) is 0 Å². The van der Waals surface area contributed by atoms with Crippen molar-refractivity contribution < 1.29 is 24.8 Å². The van der Waals surface area contributed by atoms with Gasteiger partial charge in [-0.05, 0) is 54.2 Å². The molecule has 26 heavy (non-hydrogen) atoms. The van der Waals surface area contributed by atoms with Gasteiger partial charge in [0.2, 0.25) is 0 Å². The van der Waals surface area contributed by atoms with Crippen LogP contribution in [0.15, 0.2) is 30.3 Å². The van der Waals surface area contributed by atoms with E-state index in [1.165, 1.54) is 0 Å². The first-order chi connectivity index (χ1) is 12.6. The minimum absolute atomic E-state index is 0.0300. The Morgan fingerprint density at radius 3 is 2.58 bits per heavy atom. The van der Waals surface area contributed by atoms with E-state index in [9.17, 15) is 10.2 Å². The van der Waals surface area contributed by atoms with E-state index in [-0.39, 0.29) is 31.8 Å². The Labute approximate surface area is 153 Å². The fourth-order valence-corrected chi connectivity index (χ4v) is 3.57. The number of hydrogen-bond acceptors (Lipinski definition) is 5. The SMILES string of the molecule is COc1cc(CCCO)cc2c1OC(c1ccc(C)c(CO)c1)C2CO. The van der Waals surface area contributed by atoms with Gasteiger partial charge < -0.3 is 24.8 Å². The van der Waals surface area contributed by atoms with Gasteiger partial charge in [-0.2, -0.15) is 0 Å². The molecule has 0 radical (unpaired) electrons. The number of benzene rings is 2. The Morgan fingerprint density at radius 2 is 1.92 bits per heavy atom. The zero-order valence-corrected chi connectivity index (χ0v) is 15.2. The number of ether oxygens (including phenoxy) is 2. The largest absolute Gasteiger partial charge is 0.493 e. The normalized spacial score (nSPS) is 18.5. The van der Waals surface area contributed by atoms with Crippen LogP contribution in [0, 0.1) is 6.92 Å². The summed E-state index contributed by atoms with van der Waals surface area (Å²) in [6.45, 7) is 2.01. The van der Waals surface area contributed by atoms with Crippen molar-refractivity contribution in [1.29, 1.82) is 0 Å². The summed E-state index contributed by atoms with van der Waals surface area (Å²) in [5, 5.41) is 28.7. The zero-order chi connectivity index (χ0) is 18.7. The van der Waals surface area contributed by atoms with Crippen molar-refractivity contribution >= 4 is 0 Å². The molecule has 5 nitrogen and oxygen atoms in total. The molecule has 0 fully saturated rings. The minimum atomic E-state index is -0.331. The van der Waals surface area contributed by atoms with Crippen LogP contribution in [-0.2, 0) is 13.0 Å². The van der Waals surface area contributed by atoms with E-state index in [0.29, 0.717) is 17.9 Å². The Balaban J connectivity index is 2.00. The lowest BCUT2D eigenvalue weighted by molar-refractivity contribution is 0.157. The van der Waals surface area contributed by atoms with Crippen LogP contribution in [0.3, 0.4) is 0 Å². The Bertz CT molecular complexity index is 771. The summed E-state index contributed by atoms with van der Waals surface area (Å²) in [6.07, 6.45) is 1.08. The molecule has 0 spiro atoms. The molecule has 140 valence electrons. The molecule has 2 aromatic carbocycles. The molecule has 2 aromatic rings. The smallest absolute Gasteiger partial charge is 0.165 e. The zero-order valence-electron chi connectivity index (χ0n) is 15.2. The van der Waals surface area contributed by atoms with Gasteiger partial charge in [0, 0.05) is 12.2 Å². The molecule has 0 aromatic heterocycles. The van der Waals surface area contributed by atoms with Gasteiger partial charge >= 0.3 is 0 Å². The molecule has 5 heteroatoms. The summed E-state index contributed by atoms with van der Waals surface area (Å²) in [6, 6.07) is 9.85. The molecule has 0 bridgehead atoms. The average Bonchev–Trinajstić information content (AvgIpc) is 3.04. The first-order valence-corrected chi connectivity index (χ1v) is 8.92. The van der Waals surface area contributed by atoms with Crippen LogP contribution in [0.5, 0.6) is 11.5 Å². The third kappa shape index (κ3) is 3.43. The van der Waals surface area contributed by atoms with Crippen molar-refractivity contribution in [2.24, 2.45) is 0 Å². The predicted octanol–water partition coefficient (Wildman–Crippen LogP) is 2.63. The number of rotatable bonds is 7. The number of aliphatic hydroxyl groups is 3. The van der Waals surface area contributed by atoms with Crippen LogP contribution in [-0.4, -0.2) is 35.6 Å². The van der Waals surface area contributed by atoms with Crippen LogP contribution >= 0.6 is 0 Å². The van der Waals surface area contributed by atoms with Gasteiger partial charge in [-0.3, -0.25) is 0 Å². The molecule has 0 saturated heterocycles. The molecule has 0 saturated carbocycles. The first kappa shape index (κ1) is 18.7. The van der Waals surface area contributed by atoms with Gasteiger partial charge in [0.15, 0.2) is 11.5 Å². The maximum Gasteiger partial charge on any atom is 0.165 e. The first-order valence-electron chi connectivity index (χ1n) is 8.92. The van der Waals surface area contributed by atoms with Crippen LogP contribution in [0.25, 0.3) is 0 Å². The Morgan fingerprint density at radius 1 is 1.12 bits per heavy atom. The second kappa shape index (κ2) is 8.08. The molecule has 2 unspecified atom stereocenters. The molecule has 2 atom stereocenters. The van der Waals surface area contributed by atoms with E-state index in [2.05, 4.69) is 0 Å². The molecule has 1 heterocycles. The van der Waals surface area contributed by atoms with Crippen LogP contribution in [0.1, 0.15) is 46.3 Å². The molecule has 1 aliphatic heterocycles. The van der Waals surface area contributed by atoms with E-state index >= 15 is 0 Å². The van der Waals surface area contributed by atoms with Gasteiger partial charge in [-0.1, -0.05) is 18.2 Å². The fourth-order valence-electron chi connectivity index (χ4n) is 3.57. The lowest BCUT2D eigenvalue weighted by atomic mass is 9.89. The topological polar surface area (TPSA) is 79.2 Å². The summed E-state index contributed by atoms with van der Waals surface area (Å²) >= 11 is 0. The van der Waals surface area contributed by atoms with Crippen molar-refractivity contribution in [3.63, 3.8) is 0 Å². The standard InChI is InChI=1S/C21H26O5/c1-13-5-6-15(10-16(13)11-23)20-18(12-24)17-8-14(4-3-7-22)9-19(25-2)21(17)26-20/h5-6,8-10,18,20,22-24H,3-4,7,11-12H2,1-2H3. The third-order valence-electron chi connectivity index (χ3n) is 5.07. The molecular weight excluding hydrogens is 332 g/mol. The molecule has 0 amide bonds. The van der Waals surface area contributed by atoms with Gasteiger partial charge in [-0.15, -0.1) is 0 Å². The van der Waals surface area contributed by atoms with E-state index in [4.69, 9.17) is 14.6 Å². The van der Waals surface area contributed by atoms with Crippen molar-refractivity contribution in [1.82, 2.24) is 0 Å². The summed E-state index contributed by atoms with van der Waals surface area (Å²) in [5.41, 5.74) is 4.78. The summed E-state index contributed by atoms with van der Waals surface area (Å²) < 4.78 is 11.7. The molecular formula is C21H26O5. The van der Waals surface area contributed by atoms with E-state index in [1.54, 1.807) is 7.11 Å². The maximum atomic E-state index is 10.0. The molecule has 3 rings (SSSR count). The number of aryl methyl sites for hydroxylation is 2. The second-order valence-electron chi connectivity index (χ2n) is 6.72. The highest BCUT2D eigenvalue weighted by Gasteiger charge is 2.37. The summed E-state index contributed by atoms with van der Waals surface area (Å²) in [5.74, 6) is 1.10. The number of fused-ring (bicyclic) bond motifs is 1. The number of hydrogen-bond donors (Lipinski definition) is 3. The maximum absolute atomic E-state index is 10.0. The molecule has 3 N–H and O–H groups in total. The Hall–Kier alpha value is -2.08. The lowest BCUT2D eigenvalue weighted by Gasteiger charge is -2.19. The Kier molecular flexibility index (Phi) is 5.81.